The molecule has 1 aromatic carbocycles. The van der Waals surface area contributed by atoms with Crippen molar-refractivity contribution >= 4 is 38.9 Å². The number of aromatic nitrogens is 2. The first-order valence-electron chi connectivity index (χ1n) is 10.3. The molecule has 1 fully saturated rings. The van der Waals surface area contributed by atoms with Crippen LogP contribution in [0.5, 0.6) is 0 Å². The van der Waals surface area contributed by atoms with Crippen molar-refractivity contribution in [2.24, 2.45) is 0 Å². The van der Waals surface area contributed by atoms with Crippen LogP contribution in [0.1, 0.15) is 30.4 Å². The van der Waals surface area contributed by atoms with Crippen molar-refractivity contribution in [3.8, 4) is 0 Å². The summed E-state index contributed by atoms with van der Waals surface area (Å²) in [5.41, 5.74) is 0.707. The minimum Gasteiger partial charge on any atom is -0.352 e. The van der Waals surface area contributed by atoms with Crippen LogP contribution in [0.3, 0.4) is 0 Å². The Labute approximate surface area is 188 Å². The fourth-order valence-corrected chi connectivity index (χ4v) is 5.13. The van der Waals surface area contributed by atoms with Gasteiger partial charge in [-0.3, -0.25) is 4.79 Å². The van der Waals surface area contributed by atoms with Gasteiger partial charge in [0.1, 0.15) is 16.8 Å². The van der Waals surface area contributed by atoms with Crippen LogP contribution in [0.25, 0.3) is 0 Å². The number of halogens is 3. The summed E-state index contributed by atoms with van der Waals surface area (Å²) in [5, 5.41) is 9.82. The molecule has 3 heterocycles. The monoisotopic (exact) mass is 484 g/mol. The van der Waals surface area contributed by atoms with Gasteiger partial charge < -0.3 is 21.3 Å². The average molecular weight is 485 g/mol. The number of alkyl halides is 3. The van der Waals surface area contributed by atoms with E-state index in [0.29, 0.717) is 30.5 Å². The summed E-state index contributed by atoms with van der Waals surface area (Å²) < 4.78 is 65.8. The molecule has 0 saturated carbocycles. The predicted octanol–water partition coefficient (Wildman–Crippen LogP) is 2.66. The standard InChI is InChI=1S/C20H23F3N6O3S/c1-33(31,32)18(15-4-2-3-7-24-15)28-17-13(20(21,22)23)10-25-19(29-17)26-12-5-6-14-11(8-12)9-16(30)27-14/h5-6,8,10,15,18,24H,2-4,7,9H2,1H3,(H,27,30)(H2,25,26,28,29). The number of hydrogen-bond donors (Lipinski definition) is 4. The maximum atomic E-state index is 13.6. The second-order valence-corrected chi connectivity index (χ2v) is 10.3. The highest BCUT2D eigenvalue weighted by Crippen LogP contribution is 2.35. The number of rotatable bonds is 6. The zero-order chi connectivity index (χ0) is 23.8. The maximum absolute atomic E-state index is 13.6. The molecule has 2 aromatic rings. The lowest BCUT2D eigenvalue weighted by atomic mass is 10.0. The highest BCUT2D eigenvalue weighted by atomic mass is 32.2. The molecule has 2 aliphatic rings. The lowest BCUT2D eigenvalue weighted by molar-refractivity contribution is -0.137. The molecule has 4 N–H and O–H groups in total. The number of benzene rings is 1. The Hall–Kier alpha value is -2.93. The van der Waals surface area contributed by atoms with E-state index >= 15 is 0 Å². The molecule has 9 nitrogen and oxygen atoms in total. The van der Waals surface area contributed by atoms with Gasteiger partial charge in [0.25, 0.3) is 0 Å². The van der Waals surface area contributed by atoms with Crippen molar-refractivity contribution < 1.29 is 26.4 Å². The molecule has 0 aliphatic carbocycles. The molecule has 0 bridgehead atoms. The number of piperidine rings is 1. The van der Waals surface area contributed by atoms with E-state index in [1.165, 1.54) is 0 Å². The van der Waals surface area contributed by atoms with Crippen LogP contribution in [0.2, 0.25) is 0 Å². The third kappa shape index (κ3) is 5.36. The summed E-state index contributed by atoms with van der Waals surface area (Å²) in [7, 11) is -3.77. The molecule has 13 heteroatoms. The van der Waals surface area contributed by atoms with Crippen LogP contribution in [-0.2, 0) is 27.2 Å². The van der Waals surface area contributed by atoms with E-state index in [9.17, 15) is 26.4 Å². The summed E-state index contributed by atoms with van der Waals surface area (Å²) in [6.45, 7) is 0.580. The van der Waals surface area contributed by atoms with Gasteiger partial charge in [0, 0.05) is 29.9 Å². The third-order valence-corrected chi connectivity index (χ3v) is 6.90. The molecular formula is C20H23F3N6O3S. The first-order chi connectivity index (χ1) is 15.5. The summed E-state index contributed by atoms with van der Waals surface area (Å²) in [5.74, 6) is -0.921. The molecule has 178 valence electrons. The number of nitrogens with zero attached hydrogens (tertiary/aromatic N) is 2. The van der Waals surface area contributed by atoms with Crippen LogP contribution >= 0.6 is 0 Å². The van der Waals surface area contributed by atoms with Gasteiger partial charge in [-0.05, 0) is 43.1 Å². The van der Waals surface area contributed by atoms with E-state index in [-0.39, 0.29) is 18.3 Å². The van der Waals surface area contributed by atoms with Crippen molar-refractivity contribution in [2.45, 2.75) is 43.3 Å². The van der Waals surface area contributed by atoms with E-state index < -0.39 is 38.8 Å². The van der Waals surface area contributed by atoms with Crippen LogP contribution in [0, 0.1) is 0 Å². The molecule has 0 spiro atoms. The van der Waals surface area contributed by atoms with Crippen LogP contribution in [-0.4, -0.2) is 48.5 Å². The Bertz CT molecular complexity index is 1170. The van der Waals surface area contributed by atoms with Gasteiger partial charge in [0.15, 0.2) is 9.84 Å². The van der Waals surface area contributed by atoms with Crippen LogP contribution < -0.4 is 21.3 Å². The van der Waals surface area contributed by atoms with E-state index in [2.05, 4.69) is 31.2 Å². The zero-order valence-corrected chi connectivity index (χ0v) is 18.5. The second kappa shape index (κ2) is 8.78. The van der Waals surface area contributed by atoms with Gasteiger partial charge in [-0.25, -0.2) is 13.4 Å². The molecule has 33 heavy (non-hydrogen) atoms. The van der Waals surface area contributed by atoms with Gasteiger partial charge >= 0.3 is 6.18 Å². The molecule has 0 radical (unpaired) electrons. The van der Waals surface area contributed by atoms with Crippen molar-refractivity contribution in [3.05, 3.63) is 35.5 Å². The summed E-state index contributed by atoms with van der Waals surface area (Å²) in [6.07, 6.45) is -0.866. The number of carbonyl (C=O) groups excluding carboxylic acids is 1. The van der Waals surface area contributed by atoms with Gasteiger partial charge in [-0.2, -0.15) is 18.2 Å². The van der Waals surface area contributed by atoms with Gasteiger partial charge in [0.2, 0.25) is 11.9 Å². The molecule has 4 rings (SSSR count). The first-order valence-corrected chi connectivity index (χ1v) is 12.3. The topological polar surface area (TPSA) is 125 Å². The molecule has 2 unspecified atom stereocenters. The molecule has 1 aromatic heterocycles. The highest BCUT2D eigenvalue weighted by molar-refractivity contribution is 7.91. The fourth-order valence-electron chi connectivity index (χ4n) is 3.97. The molecule has 2 atom stereocenters. The first kappa shape index (κ1) is 23.2. The lowest BCUT2D eigenvalue weighted by Crippen LogP contribution is -2.50. The molecule has 1 saturated heterocycles. The summed E-state index contributed by atoms with van der Waals surface area (Å²) in [6, 6.07) is 4.42. The molecular weight excluding hydrogens is 461 g/mol. The van der Waals surface area contributed by atoms with E-state index in [0.717, 1.165) is 24.7 Å². The van der Waals surface area contributed by atoms with Crippen molar-refractivity contribution in [1.82, 2.24) is 15.3 Å². The van der Waals surface area contributed by atoms with Crippen molar-refractivity contribution in [2.75, 3.05) is 28.8 Å². The zero-order valence-electron chi connectivity index (χ0n) is 17.7. The van der Waals surface area contributed by atoms with E-state index in [1.807, 2.05) is 0 Å². The third-order valence-electron chi connectivity index (χ3n) is 5.53. The highest BCUT2D eigenvalue weighted by Gasteiger charge is 2.38. The van der Waals surface area contributed by atoms with Crippen LogP contribution in [0.4, 0.5) is 36.3 Å². The second-order valence-electron chi connectivity index (χ2n) is 8.13. The van der Waals surface area contributed by atoms with Crippen molar-refractivity contribution in [3.63, 3.8) is 0 Å². The van der Waals surface area contributed by atoms with E-state index in [4.69, 9.17) is 0 Å². The lowest BCUT2D eigenvalue weighted by Gasteiger charge is -2.31. The average Bonchev–Trinajstić information content (AvgIpc) is 3.10. The Balaban J connectivity index is 1.65. The Morgan fingerprint density at radius 2 is 2.03 bits per heavy atom. The predicted molar refractivity (Wildman–Crippen MR) is 117 cm³/mol. The quantitative estimate of drug-likeness (QED) is 0.493. The Kier molecular flexibility index (Phi) is 6.18. The molecule has 1 amide bonds. The minimum atomic E-state index is -4.79. The smallest absolute Gasteiger partial charge is 0.352 e. The number of sulfone groups is 1. The largest absolute Gasteiger partial charge is 0.421 e. The van der Waals surface area contributed by atoms with Crippen LogP contribution in [0.15, 0.2) is 24.4 Å². The Morgan fingerprint density at radius 1 is 1.24 bits per heavy atom. The molecule has 2 aliphatic heterocycles. The van der Waals surface area contributed by atoms with E-state index in [1.54, 1.807) is 18.2 Å². The van der Waals surface area contributed by atoms with Crippen molar-refractivity contribution in [1.29, 1.82) is 0 Å². The summed E-state index contributed by atoms with van der Waals surface area (Å²) in [4.78, 5) is 19.3. The van der Waals surface area contributed by atoms with Gasteiger partial charge in [0.05, 0.1) is 6.42 Å². The maximum Gasteiger partial charge on any atom is 0.421 e. The number of hydrogen-bond acceptors (Lipinski definition) is 8. The number of anilines is 4. The minimum absolute atomic E-state index is 0.147. The van der Waals surface area contributed by atoms with Gasteiger partial charge in [-0.1, -0.05) is 6.42 Å². The number of carbonyl (C=O) groups is 1. The number of fused-ring (bicyclic) bond motifs is 1. The van der Waals surface area contributed by atoms with Gasteiger partial charge in [-0.15, -0.1) is 0 Å². The summed E-state index contributed by atoms with van der Waals surface area (Å²) >= 11 is 0. The Morgan fingerprint density at radius 3 is 2.70 bits per heavy atom. The fraction of sp³-hybridized carbons (Fsp3) is 0.450. The number of amides is 1. The SMILES string of the molecule is CS(=O)(=O)C(Nc1nc(Nc2ccc3c(c2)CC(=O)N3)ncc1C(F)(F)F)C1CCCCN1. The number of nitrogens with one attached hydrogen (secondary N) is 4. The normalized spacial score (nSPS) is 19.5.